The van der Waals surface area contributed by atoms with Crippen LogP contribution >= 0.6 is 0 Å². The van der Waals surface area contributed by atoms with Gasteiger partial charge in [-0.25, -0.2) is 4.85 Å². The minimum absolute atomic E-state index is 0.596. The van der Waals surface area contributed by atoms with Gasteiger partial charge in [0.1, 0.15) is 11.2 Å². The molecule has 250 valence electrons. The van der Waals surface area contributed by atoms with Crippen molar-refractivity contribution in [2.75, 3.05) is 9.80 Å². The second-order valence-corrected chi connectivity index (χ2v) is 13.4. The second-order valence-electron chi connectivity index (χ2n) is 13.4. The maximum absolute atomic E-state index is 9.56. The van der Waals surface area contributed by atoms with Gasteiger partial charge in [0, 0.05) is 56.4 Å². The Bertz CT molecular complexity index is 2710. The Labute approximate surface area is 307 Å². The van der Waals surface area contributed by atoms with Crippen LogP contribution in [0.5, 0.6) is 0 Å². The first-order valence-electron chi connectivity index (χ1n) is 17.5. The average molecular weight is 681 g/mol. The van der Waals surface area contributed by atoms with Crippen LogP contribution in [-0.4, -0.2) is 0 Å². The molecule has 0 saturated carbocycles. The number of hydrogen-bond donors (Lipinski definition) is 0. The van der Waals surface area contributed by atoms with Crippen molar-refractivity contribution in [1.82, 2.24) is 0 Å². The summed E-state index contributed by atoms with van der Waals surface area (Å²) < 4.78 is 6.97. The van der Waals surface area contributed by atoms with E-state index in [2.05, 4.69) is 144 Å². The monoisotopic (exact) mass is 680 g/mol. The van der Waals surface area contributed by atoms with E-state index in [0.717, 1.165) is 77.6 Å². The number of aryl methyl sites for hydroxylation is 2. The normalized spacial score (nSPS) is 11.2. The Hall–Kier alpha value is -7.34. The summed E-state index contributed by atoms with van der Waals surface area (Å²) in [5, 5.41) is 16.0. The zero-order chi connectivity index (χ0) is 36.1. The van der Waals surface area contributed by atoms with E-state index in [1.54, 1.807) is 0 Å². The lowest BCUT2D eigenvalue weighted by Crippen LogP contribution is -2.10. The molecule has 1 heterocycles. The maximum Gasteiger partial charge on any atom is 0.187 e. The number of nitrogens with zero attached hydrogens (tertiary/aromatic N) is 4. The molecule has 0 fully saturated rings. The predicted molar refractivity (Wildman–Crippen MR) is 219 cm³/mol. The van der Waals surface area contributed by atoms with Crippen LogP contribution in [0.15, 0.2) is 162 Å². The fourth-order valence-electron chi connectivity index (χ4n) is 7.43. The molecule has 9 rings (SSSR count). The first-order valence-corrected chi connectivity index (χ1v) is 17.5. The molecule has 0 aliphatic heterocycles. The lowest BCUT2D eigenvalue weighted by molar-refractivity contribution is 0.669. The summed E-state index contributed by atoms with van der Waals surface area (Å²) in [4.78, 5) is 8.12. The van der Waals surface area contributed by atoms with Crippen molar-refractivity contribution < 1.29 is 4.42 Å². The molecule has 9 aromatic rings. The predicted octanol–water partition coefficient (Wildman–Crippen LogP) is 13.9. The average Bonchev–Trinajstić information content (AvgIpc) is 3.59. The van der Waals surface area contributed by atoms with Crippen LogP contribution in [-0.2, 0) is 0 Å². The van der Waals surface area contributed by atoms with Gasteiger partial charge in [-0.05, 0) is 85.3 Å². The van der Waals surface area contributed by atoms with Crippen LogP contribution < -0.4 is 9.80 Å². The van der Waals surface area contributed by atoms with Gasteiger partial charge in [-0.1, -0.05) is 96.1 Å². The van der Waals surface area contributed by atoms with E-state index in [1.165, 1.54) is 11.1 Å². The van der Waals surface area contributed by atoms with Crippen molar-refractivity contribution >= 4 is 83.3 Å². The summed E-state index contributed by atoms with van der Waals surface area (Å²) in [6.07, 6.45) is 0. The molecular weight excluding hydrogens is 649 g/mol. The molecule has 0 spiro atoms. The van der Waals surface area contributed by atoms with Crippen LogP contribution in [0.3, 0.4) is 0 Å². The SMILES string of the molecule is [C-]#[N+]c1ccc(N(c2ccc(C)cc2)c2cc3oc4cc(N(c5ccc(C)cc5)c5ccc(C#N)cc5)c5ccccc5c4c3c3ccccc23)cc1. The summed E-state index contributed by atoms with van der Waals surface area (Å²) in [7, 11) is 0. The molecule has 0 atom stereocenters. The third-order valence-corrected chi connectivity index (χ3v) is 10.0. The first-order chi connectivity index (χ1) is 26.0. The molecule has 1 aromatic heterocycles. The quantitative estimate of drug-likeness (QED) is 0.164. The van der Waals surface area contributed by atoms with E-state index in [0.29, 0.717) is 11.3 Å². The minimum Gasteiger partial charge on any atom is -0.456 e. The van der Waals surface area contributed by atoms with Gasteiger partial charge in [-0.15, -0.1) is 0 Å². The number of anilines is 6. The van der Waals surface area contributed by atoms with E-state index in [9.17, 15) is 5.26 Å². The molecule has 0 unspecified atom stereocenters. The Morgan fingerprint density at radius 1 is 0.509 bits per heavy atom. The number of furan rings is 1. The summed E-state index contributed by atoms with van der Waals surface area (Å²) in [5.74, 6) is 0. The number of rotatable bonds is 6. The molecule has 0 saturated heterocycles. The molecule has 8 aromatic carbocycles. The van der Waals surface area contributed by atoms with Gasteiger partial charge in [0.15, 0.2) is 5.69 Å². The van der Waals surface area contributed by atoms with Gasteiger partial charge >= 0.3 is 0 Å². The highest BCUT2D eigenvalue weighted by molar-refractivity contribution is 6.30. The molecule has 5 heteroatoms. The molecule has 0 N–H and O–H groups in total. The summed E-state index contributed by atoms with van der Waals surface area (Å²) in [6, 6.07) is 56.2. The van der Waals surface area contributed by atoms with Gasteiger partial charge in [-0.3, -0.25) is 0 Å². The smallest absolute Gasteiger partial charge is 0.187 e. The third kappa shape index (κ3) is 5.40. The zero-order valence-corrected chi connectivity index (χ0v) is 29.2. The van der Waals surface area contributed by atoms with Crippen molar-refractivity contribution in [3.05, 3.63) is 186 Å². The Kier molecular flexibility index (Phi) is 7.62. The summed E-state index contributed by atoms with van der Waals surface area (Å²) in [5.41, 5.74) is 11.0. The van der Waals surface area contributed by atoms with Crippen molar-refractivity contribution in [2.24, 2.45) is 0 Å². The summed E-state index contributed by atoms with van der Waals surface area (Å²) >= 11 is 0. The van der Waals surface area contributed by atoms with Crippen molar-refractivity contribution in [3.63, 3.8) is 0 Å². The first kappa shape index (κ1) is 31.6. The Morgan fingerprint density at radius 2 is 0.887 bits per heavy atom. The molecule has 53 heavy (non-hydrogen) atoms. The highest BCUT2D eigenvalue weighted by atomic mass is 16.3. The van der Waals surface area contributed by atoms with Gasteiger partial charge in [0.2, 0.25) is 0 Å². The number of nitriles is 1. The minimum atomic E-state index is 0.596. The number of fused-ring (bicyclic) bond motifs is 7. The van der Waals surface area contributed by atoms with Crippen molar-refractivity contribution in [2.45, 2.75) is 13.8 Å². The van der Waals surface area contributed by atoms with Gasteiger partial charge in [-0.2, -0.15) is 5.26 Å². The van der Waals surface area contributed by atoms with Gasteiger partial charge < -0.3 is 14.2 Å². The molecule has 5 nitrogen and oxygen atoms in total. The third-order valence-electron chi connectivity index (χ3n) is 10.0. The van der Waals surface area contributed by atoms with Crippen molar-refractivity contribution in [3.8, 4) is 6.07 Å². The fraction of sp³-hybridized carbons (Fsp3) is 0.0417. The van der Waals surface area contributed by atoms with Crippen LogP contribution in [0.25, 0.3) is 48.3 Å². The number of hydrogen-bond acceptors (Lipinski definition) is 4. The zero-order valence-electron chi connectivity index (χ0n) is 29.2. The van der Waals surface area contributed by atoms with Gasteiger partial charge in [0.25, 0.3) is 0 Å². The molecular formula is C48H32N4O. The van der Waals surface area contributed by atoms with E-state index < -0.39 is 0 Å². The molecule has 0 amide bonds. The fourth-order valence-corrected chi connectivity index (χ4v) is 7.43. The highest BCUT2D eigenvalue weighted by Crippen LogP contribution is 2.49. The lowest BCUT2D eigenvalue weighted by Gasteiger charge is -2.27. The van der Waals surface area contributed by atoms with Crippen LogP contribution in [0.2, 0.25) is 0 Å². The maximum atomic E-state index is 9.56. The topological polar surface area (TPSA) is 47.8 Å². The molecule has 0 aliphatic carbocycles. The second kappa shape index (κ2) is 12.8. The van der Waals surface area contributed by atoms with Crippen LogP contribution in [0.4, 0.5) is 39.8 Å². The lowest BCUT2D eigenvalue weighted by atomic mass is 9.96. The molecule has 0 aliphatic rings. The van der Waals surface area contributed by atoms with Crippen LogP contribution in [0, 0.1) is 31.8 Å². The Balaban J connectivity index is 1.34. The highest BCUT2D eigenvalue weighted by Gasteiger charge is 2.24. The standard InChI is InChI=1S/C48H32N4O/c1-31-12-20-35(21-13-31)51(37-24-16-33(30-49)17-25-37)43-28-45-47(41-10-6-4-8-39(41)43)48-42-11-7-5-9-40(42)44(29-46(48)53-45)52(36-22-14-32(2)15-23-36)38-26-18-34(50-3)19-27-38/h4-29H,1-2H3. The van der Waals surface area contributed by atoms with Gasteiger partial charge in [0.05, 0.1) is 29.6 Å². The van der Waals surface area contributed by atoms with Crippen LogP contribution in [0.1, 0.15) is 16.7 Å². The summed E-state index contributed by atoms with van der Waals surface area (Å²) in [6.45, 7) is 11.7. The Morgan fingerprint density at radius 3 is 1.28 bits per heavy atom. The van der Waals surface area contributed by atoms with E-state index in [1.807, 2.05) is 48.5 Å². The van der Waals surface area contributed by atoms with E-state index >= 15 is 0 Å². The largest absolute Gasteiger partial charge is 0.456 e. The van der Waals surface area contributed by atoms with E-state index in [4.69, 9.17) is 11.0 Å². The van der Waals surface area contributed by atoms with Crippen molar-refractivity contribution in [1.29, 1.82) is 5.26 Å². The number of benzene rings is 8. The molecule has 0 bridgehead atoms. The van der Waals surface area contributed by atoms with E-state index in [-0.39, 0.29) is 0 Å². The molecule has 0 radical (unpaired) electrons.